The van der Waals surface area contributed by atoms with E-state index in [1.165, 1.54) is 11.1 Å². The zero-order valence-electron chi connectivity index (χ0n) is 18.2. The maximum Gasteiger partial charge on any atom is 0.414 e. The molecule has 2 rings (SSSR count). The number of amides is 1. The minimum Gasteiger partial charge on any atom is -0.473 e. The lowest BCUT2D eigenvalue weighted by atomic mass is 9.95. The standard InChI is InChI=1S/C21H32N2O.C2H2O4/c1-4-5-13-22(3)21(24)20-11-14-23(15-12-20)17-18(2)16-19-9-7-6-8-10-19;3-1(4)2(5)6/h6-10,16,20H,4-5,11-15,17H2,1-3H3;(H,3,4)(H,5,6)/b18-16+;. The lowest BCUT2D eigenvalue weighted by molar-refractivity contribution is -0.159. The Hall–Kier alpha value is -2.67. The van der Waals surface area contributed by atoms with Crippen LogP contribution >= 0.6 is 0 Å². The minimum absolute atomic E-state index is 0.224. The van der Waals surface area contributed by atoms with Crippen LogP contribution < -0.4 is 0 Å². The van der Waals surface area contributed by atoms with Crippen molar-refractivity contribution in [1.29, 1.82) is 0 Å². The summed E-state index contributed by atoms with van der Waals surface area (Å²) >= 11 is 0. The molecule has 1 fully saturated rings. The Morgan fingerprint density at radius 3 is 2.17 bits per heavy atom. The first-order chi connectivity index (χ1) is 14.2. The average molecular weight is 419 g/mol. The Morgan fingerprint density at radius 1 is 1.10 bits per heavy atom. The van der Waals surface area contributed by atoms with Gasteiger partial charge in [0.2, 0.25) is 5.91 Å². The van der Waals surface area contributed by atoms with Crippen LogP contribution in [0.5, 0.6) is 0 Å². The Morgan fingerprint density at radius 2 is 1.67 bits per heavy atom. The summed E-state index contributed by atoms with van der Waals surface area (Å²) in [7, 11) is 1.96. The largest absolute Gasteiger partial charge is 0.473 e. The highest BCUT2D eigenvalue weighted by molar-refractivity contribution is 6.27. The summed E-state index contributed by atoms with van der Waals surface area (Å²) in [4.78, 5) is 35.1. The summed E-state index contributed by atoms with van der Waals surface area (Å²) in [5.41, 5.74) is 2.64. The van der Waals surface area contributed by atoms with Crippen molar-refractivity contribution in [2.75, 3.05) is 33.2 Å². The molecule has 1 heterocycles. The number of unbranched alkanes of at least 4 members (excludes halogenated alkanes) is 1. The molecule has 1 amide bonds. The van der Waals surface area contributed by atoms with Crippen LogP contribution in [-0.4, -0.2) is 71.1 Å². The van der Waals surface area contributed by atoms with Gasteiger partial charge in [0.25, 0.3) is 0 Å². The van der Waals surface area contributed by atoms with Gasteiger partial charge in [0.15, 0.2) is 0 Å². The van der Waals surface area contributed by atoms with E-state index in [4.69, 9.17) is 19.8 Å². The fourth-order valence-electron chi connectivity index (χ4n) is 3.39. The number of likely N-dealkylation sites (tertiary alicyclic amines) is 1. The molecule has 1 aromatic rings. The number of carbonyl (C=O) groups is 3. The van der Waals surface area contributed by atoms with Crippen LogP contribution in [-0.2, 0) is 14.4 Å². The van der Waals surface area contributed by atoms with Crippen LogP contribution in [0.4, 0.5) is 0 Å². The molecule has 0 spiro atoms. The van der Waals surface area contributed by atoms with Crippen molar-refractivity contribution in [3.63, 3.8) is 0 Å². The second-order valence-corrected chi connectivity index (χ2v) is 7.68. The molecule has 0 bridgehead atoms. The molecule has 7 nitrogen and oxygen atoms in total. The third-order valence-electron chi connectivity index (χ3n) is 5.03. The van der Waals surface area contributed by atoms with Gasteiger partial charge < -0.3 is 15.1 Å². The molecule has 1 aliphatic rings. The highest BCUT2D eigenvalue weighted by Crippen LogP contribution is 2.20. The number of benzene rings is 1. The van der Waals surface area contributed by atoms with E-state index in [0.29, 0.717) is 5.91 Å². The quantitative estimate of drug-likeness (QED) is 0.660. The van der Waals surface area contributed by atoms with E-state index < -0.39 is 11.9 Å². The molecule has 7 heteroatoms. The average Bonchev–Trinajstić information content (AvgIpc) is 2.73. The predicted octanol–water partition coefficient (Wildman–Crippen LogP) is 3.22. The van der Waals surface area contributed by atoms with Crippen molar-refractivity contribution in [1.82, 2.24) is 9.80 Å². The van der Waals surface area contributed by atoms with E-state index in [9.17, 15) is 4.79 Å². The van der Waals surface area contributed by atoms with Gasteiger partial charge in [-0.15, -0.1) is 0 Å². The van der Waals surface area contributed by atoms with E-state index in [0.717, 1.165) is 51.9 Å². The van der Waals surface area contributed by atoms with Gasteiger partial charge in [-0.25, -0.2) is 9.59 Å². The van der Waals surface area contributed by atoms with Crippen LogP contribution in [0.15, 0.2) is 35.9 Å². The van der Waals surface area contributed by atoms with Crippen LogP contribution in [0.25, 0.3) is 6.08 Å². The maximum absolute atomic E-state index is 12.5. The third kappa shape index (κ3) is 9.69. The van der Waals surface area contributed by atoms with Gasteiger partial charge in [-0.1, -0.05) is 55.3 Å². The summed E-state index contributed by atoms with van der Waals surface area (Å²) < 4.78 is 0. The smallest absolute Gasteiger partial charge is 0.414 e. The topological polar surface area (TPSA) is 98.2 Å². The van der Waals surface area contributed by atoms with Crippen molar-refractivity contribution in [3.8, 4) is 0 Å². The highest BCUT2D eigenvalue weighted by Gasteiger charge is 2.26. The zero-order chi connectivity index (χ0) is 22.5. The Kier molecular flexibility index (Phi) is 11.4. The van der Waals surface area contributed by atoms with Gasteiger partial charge >= 0.3 is 11.9 Å². The fourth-order valence-corrected chi connectivity index (χ4v) is 3.39. The van der Waals surface area contributed by atoms with E-state index in [1.54, 1.807) is 0 Å². The number of carboxylic acid groups (broad SMARTS) is 2. The molecule has 0 atom stereocenters. The summed E-state index contributed by atoms with van der Waals surface area (Å²) in [6, 6.07) is 10.5. The number of hydrogen-bond donors (Lipinski definition) is 2. The number of carbonyl (C=O) groups excluding carboxylic acids is 1. The molecule has 1 saturated heterocycles. The highest BCUT2D eigenvalue weighted by atomic mass is 16.4. The molecular weight excluding hydrogens is 384 g/mol. The Bertz CT molecular complexity index is 698. The van der Waals surface area contributed by atoms with E-state index in [1.807, 2.05) is 18.0 Å². The van der Waals surface area contributed by atoms with Gasteiger partial charge in [0.05, 0.1) is 0 Å². The van der Waals surface area contributed by atoms with Crippen LogP contribution in [0.2, 0.25) is 0 Å². The van der Waals surface area contributed by atoms with Gasteiger partial charge in [-0.2, -0.15) is 0 Å². The third-order valence-corrected chi connectivity index (χ3v) is 5.03. The number of aliphatic carboxylic acids is 2. The summed E-state index contributed by atoms with van der Waals surface area (Å²) in [6.07, 6.45) is 6.49. The SMILES string of the molecule is CCCCN(C)C(=O)C1CCN(C/C(C)=C/c2ccccc2)CC1.O=C(O)C(=O)O. The number of hydrogen-bond acceptors (Lipinski definition) is 4. The van der Waals surface area contributed by atoms with Crippen molar-refractivity contribution in [2.45, 2.75) is 39.5 Å². The molecule has 30 heavy (non-hydrogen) atoms. The van der Waals surface area contributed by atoms with Gasteiger partial charge in [-0.05, 0) is 44.8 Å². The lowest BCUT2D eigenvalue weighted by Crippen LogP contribution is -2.41. The van der Waals surface area contributed by atoms with Crippen molar-refractivity contribution in [3.05, 3.63) is 41.5 Å². The van der Waals surface area contributed by atoms with E-state index >= 15 is 0 Å². The minimum atomic E-state index is -1.82. The van der Waals surface area contributed by atoms with Crippen LogP contribution in [0, 0.1) is 5.92 Å². The second-order valence-electron chi connectivity index (χ2n) is 7.68. The number of carboxylic acids is 2. The number of nitrogens with zero attached hydrogens (tertiary/aromatic N) is 2. The maximum atomic E-state index is 12.5. The number of piperidine rings is 1. The normalized spacial score (nSPS) is 15.1. The molecule has 166 valence electrons. The molecule has 0 saturated carbocycles. The fraction of sp³-hybridized carbons (Fsp3) is 0.522. The predicted molar refractivity (Wildman–Crippen MR) is 117 cm³/mol. The number of rotatable bonds is 7. The first-order valence-corrected chi connectivity index (χ1v) is 10.4. The second kappa shape index (κ2) is 13.5. The molecule has 2 N–H and O–H groups in total. The van der Waals surface area contributed by atoms with Crippen molar-refractivity contribution in [2.24, 2.45) is 5.92 Å². The zero-order valence-corrected chi connectivity index (χ0v) is 18.2. The first kappa shape index (κ1) is 25.4. The molecule has 0 aliphatic carbocycles. The molecule has 0 aromatic heterocycles. The molecule has 1 aromatic carbocycles. The van der Waals surface area contributed by atoms with E-state index in [-0.39, 0.29) is 5.92 Å². The van der Waals surface area contributed by atoms with E-state index in [2.05, 4.69) is 49.1 Å². The molecule has 0 radical (unpaired) electrons. The monoisotopic (exact) mass is 418 g/mol. The summed E-state index contributed by atoms with van der Waals surface area (Å²) in [5.74, 6) is -3.08. The van der Waals surface area contributed by atoms with Crippen molar-refractivity contribution < 1.29 is 24.6 Å². The van der Waals surface area contributed by atoms with Crippen molar-refractivity contribution >= 4 is 23.9 Å². The van der Waals surface area contributed by atoms with Crippen LogP contribution in [0.1, 0.15) is 45.1 Å². The molecule has 0 unspecified atom stereocenters. The molecule has 1 aliphatic heterocycles. The Balaban J connectivity index is 0.000000656. The summed E-state index contributed by atoms with van der Waals surface area (Å²) in [6.45, 7) is 8.32. The lowest BCUT2D eigenvalue weighted by Gasteiger charge is -2.33. The first-order valence-electron chi connectivity index (χ1n) is 10.4. The van der Waals surface area contributed by atoms with Gasteiger partial charge in [-0.3, -0.25) is 9.69 Å². The van der Waals surface area contributed by atoms with Crippen LogP contribution in [0.3, 0.4) is 0 Å². The van der Waals surface area contributed by atoms with Gasteiger partial charge in [0, 0.05) is 26.1 Å². The Labute approximate surface area is 179 Å². The van der Waals surface area contributed by atoms with Gasteiger partial charge in [0.1, 0.15) is 0 Å². The molecular formula is C23H34N2O5. The summed E-state index contributed by atoms with van der Waals surface area (Å²) in [5, 5.41) is 14.8.